The number of aromatic amines is 1. The van der Waals surface area contributed by atoms with Gasteiger partial charge >= 0.3 is 0 Å². The lowest BCUT2D eigenvalue weighted by Gasteiger charge is -2.04. The van der Waals surface area contributed by atoms with Crippen molar-refractivity contribution >= 4 is 16.9 Å². The molecule has 2 aromatic heterocycles. The number of H-pyrrole nitrogens is 1. The van der Waals surface area contributed by atoms with Gasteiger partial charge in [0.05, 0.1) is 16.7 Å². The van der Waals surface area contributed by atoms with E-state index in [1.165, 1.54) is 0 Å². The highest BCUT2D eigenvalue weighted by atomic mass is 16.5. The fourth-order valence-corrected chi connectivity index (χ4v) is 2.63. The monoisotopic (exact) mass is 312 g/mol. The standard InChI is InChI=1S/C17H20N4O2/c1-11-13(12(2)23-21-11)7-8-17(22)18-10-9-16-19-14-5-3-4-6-15(14)20-16/h3-6H,7-10H2,1-2H3,(H,18,22)(H,19,20). The van der Waals surface area contributed by atoms with E-state index in [1.807, 2.05) is 38.1 Å². The minimum Gasteiger partial charge on any atom is -0.361 e. The second kappa shape index (κ2) is 6.64. The summed E-state index contributed by atoms with van der Waals surface area (Å²) in [5.41, 5.74) is 3.86. The highest BCUT2D eigenvalue weighted by Crippen LogP contribution is 2.14. The molecule has 3 aromatic rings. The van der Waals surface area contributed by atoms with Crippen LogP contribution in [0.1, 0.15) is 29.3 Å². The zero-order chi connectivity index (χ0) is 16.2. The second-order valence-corrected chi connectivity index (χ2v) is 5.60. The second-order valence-electron chi connectivity index (χ2n) is 5.60. The number of amides is 1. The van der Waals surface area contributed by atoms with E-state index in [0.717, 1.165) is 33.9 Å². The molecule has 0 unspecified atom stereocenters. The molecule has 2 heterocycles. The van der Waals surface area contributed by atoms with Crippen LogP contribution in [0.4, 0.5) is 0 Å². The Morgan fingerprint density at radius 2 is 2.09 bits per heavy atom. The van der Waals surface area contributed by atoms with Crippen molar-refractivity contribution < 1.29 is 9.32 Å². The average Bonchev–Trinajstić information content (AvgIpc) is 3.08. The van der Waals surface area contributed by atoms with Gasteiger partial charge in [0, 0.05) is 24.9 Å². The summed E-state index contributed by atoms with van der Waals surface area (Å²) in [6.45, 7) is 4.33. The van der Waals surface area contributed by atoms with Crippen LogP contribution >= 0.6 is 0 Å². The van der Waals surface area contributed by atoms with Gasteiger partial charge in [-0.3, -0.25) is 4.79 Å². The molecule has 0 fully saturated rings. The van der Waals surface area contributed by atoms with E-state index in [4.69, 9.17) is 4.52 Å². The van der Waals surface area contributed by atoms with Gasteiger partial charge in [0.15, 0.2) is 0 Å². The zero-order valence-corrected chi connectivity index (χ0v) is 13.3. The van der Waals surface area contributed by atoms with Gasteiger partial charge in [-0.1, -0.05) is 17.3 Å². The number of hydrogen-bond acceptors (Lipinski definition) is 4. The smallest absolute Gasteiger partial charge is 0.220 e. The van der Waals surface area contributed by atoms with E-state index >= 15 is 0 Å². The Bertz CT molecular complexity index is 766. The summed E-state index contributed by atoms with van der Waals surface area (Å²) >= 11 is 0. The summed E-state index contributed by atoms with van der Waals surface area (Å²) in [7, 11) is 0. The van der Waals surface area contributed by atoms with Gasteiger partial charge in [-0.05, 0) is 32.4 Å². The van der Waals surface area contributed by atoms with Crippen molar-refractivity contribution in [3.05, 3.63) is 47.1 Å². The van der Waals surface area contributed by atoms with Gasteiger partial charge in [0.1, 0.15) is 11.6 Å². The van der Waals surface area contributed by atoms with E-state index in [9.17, 15) is 4.79 Å². The molecule has 3 rings (SSSR count). The Morgan fingerprint density at radius 3 is 2.83 bits per heavy atom. The highest BCUT2D eigenvalue weighted by Gasteiger charge is 2.11. The number of carbonyl (C=O) groups excluding carboxylic acids is 1. The Morgan fingerprint density at radius 1 is 1.26 bits per heavy atom. The number of aromatic nitrogens is 3. The SMILES string of the molecule is Cc1noc(C)c1CCC(=O)NCCc1nc2ccccc2[nH]1. The van der Waals surface area contributed by atoms with Crippen molar-refractivity contribution in [3.8, 4) is 0 Å². The largest absolute Gasteiger partial charge is 0.361 e. The van der Waals surface area contributed by atoms with E-state index in [1.54, 1.807) is 0 Å². The Labute approximate surface area is 134 Å². The molecule has 0 bridgehead atoms. The average molecular weight is 312 g/mol. The number of para-hydroxylation sites is 2. The van der Waals surface area contributed by atoms with Gasteiger partial charge in [0.2, 0.25) is 5.91 Å². The maximum Gasteiger partial charge on any atom is 0.220 e. The Balaban J connectivity index is 1.46. The highest BCUT2D eigenvalue weighted by molar-refractivity contribution is 5.76. The number of nitrogens with zero attached hydrogens (tertiary/aromatic N) is 2. The molecular weight excluding hydrogens is 292 g/mol. The van der Waals surface area contributed by atoms with Crippen LogP contribution in [0.2, 0.25) is 0 Å². The van der Waals surface area contributed by atoms with Gasteiger partial charge < -0.3 is 14.8 Å². The van der Waals surface area contributed by atoms with Crippen LogP contribution in [0, 0.1) is 13.8 Å². The number of imidazole rings is 1. The fraction of sp³-hybridized carbons (Fsp3) is 0.353. The molecule has 23 heavy (non-hydrogen) atoms. The minimum absolute atomic E-state index is 0.0288. The first-order valence-corrected chi connectivity index (χ1v) is 7.75. The number of rotatable bonds is 6. The first-order chi connectivity index (χ1) is 11.1. The first-order valence-electron chi connectivity index (χ1n) is 7.75. The van der Waals surface area contributed by atoms with Gasteiger partial charge in [-0.2, -0.15) is 0 Å². The lowest BCUT2D eigenvalue weighted by atomic mass is 10.1. The Hall–Kier alpha value is -2.63. The number of carbonyl (C=O) groups is 1. The van der Waals surface area contributed by atoms with Crippen LogP contribution in [0.5, 0.6) is 0 Å². The van der Waals surface area contributed by atoms with Crippen molar-refractivity contribution in [3.63, 3.8) is 0 Å². The van der Waals surface area contributed by atoms with Crippen LogP contribution in [0.15, 0.2) is 28.8 Å². The third kappa shape index (κ3) is 3.59. The van der Waals surface area contributed by atoms with Crippen LogP contribution in [0.3, 0.4) is 0 Å². The number of nitrogens with one attached hydrogen (secondary N) is 2. The summed E-state index contributed by atoms with van der Waals surface area (Å²) in [6.07, 6.45) is 1.77. The number of fused-ring (bicyclic) bond motifs is 1. The van der Waals surface area contributed by atoms with Crippen molar-refractivity contribution in [1.29, 1.82) is 0 Å². The molecule has 120 valence electrons. The molecule has 0 spiro atoms. The predicted octanol–water partition coefficient (Wildman–Crippen LogP) is 2.46. The number of aryl methyl sites for hydroxylation is 2. The van der Waals surface area contributed by atoms with Crippen LogP contribution in [-0.2, 0) is 17.6 Å². The van der Waals surface area contributed by atoms with Crippen molar-refractivity contribution in [2.24, 2.45) is 0 Å². The van der Waals surface area contributed by atoms with Gasteiger partial charge in [0.25, 0.3) is 0 Å². The molecule has 0 aliphatic rings. The molecule has 0 aliphatic carbocycles. The normalized spacial score (nSPS) is 11.0. The van der Waals surface area contributed by atoms with E-state index in [-0.39, 0.29) is 5.91 Å². The molecule has 0 aliphatic heterocycles. The number of benzene rings is 1. The molecule has 0 radical (unpaired) electrons. The number of hydrogen-bond donors (Lipinski definition) is 2. The molecule has 0 atom stereocenters. The van der Waals surface area contributed by atoms with Crippen molar-refractivity contribution in [1.82, 2.24) is 20.4 Å². The van der Waals surface area contributed by atoms with Crippen molar-refractivity contribution in [2.45, 2.75) is 33.1 Å². The van der Waals surface area contributed by atoms with Gasteiger partial charge in [-0.25, -0.2) is 4.98 Å². The van der Waals surface area contributed by atoms with Crippen molar-refractivity contribution in [2.75, 3.05) is 6.54 Å². The molecule has 1 aromatic carbocycles. The molecule has 6 nitrogen and oxygen atoms in total. The predicted molar refractivity (Wildman–Crippen MR) is 87.1 cm³/mol. The molecular formula is C17H20N4O2. The summed E-state index contributed by atoms with van der Waals surface area (Å²) < 4.78 is 5.10. The fourth-order valence-electron chi connectivity index (χ4n) is 2.63. The lowest BCUT2D eigenvalue weighted by Crippen LogP contribution is -2.26. The van der Waals surface area contributed by atoms with E-state index < -0.39 is 0 Å². The molecule has 0 saturated carbocycles. The van der Waals surface area contributed by atoms with Crippen LogP contribution < -0.4 is 5.32 Å². The van der Waals surface area contributed by atoms with Gasteiger partial charge in [-0.15, -0.1) is 0 Å². The molecule has 0 saturated heterocycles. The zero-order valence-electron chi connectivity index (χ0n) is 13.3. The molecule has 6 heteroatoms. The topological polar surface area (TPSA) is 83.8 Å². The summed E-state index contributed by atoms with van der Waals surface area (Å²) in [5, 5.41) is 6.82. The third-order valence-corrected chi connectivity index (χ3v) is 3.91. The van der Waals surface area contributed by atoms with E-state index in [0.29, 0.717) is 25.8 Å². The first kappa shape index (κ1) is 15.3. The van der Waals surface area contributed by atoms with Crippen LogP contribution in [-0.4, -0.2) is 27.6 Å². The van der Waals surface area contributed by atoms with Crippen LogP contribution in [0.25, 0.3) is 11.0 Å². The summed E-state index contributed by atoms with van der Waals surface area (Å²) in [5.74, 6) is 1.70. The quantitative estimate of drug-likeness (QED) is 0.732. The maximum atomic E-state index is 11.9. The Kier molecular flexibility index (Phi) is 4.41. The minimum atomic E-state index is 0.0288. The third-order valence-electron chi connectivity index (χ3n) is 3.91. The lowest BCUT2D eigenvalue weighted by molar-refractivity contribution is -0.121. The summed E-state index contributed by atoms with van der Waals surface area (Å²) in [6, 6.07) is 7.90. The summed E-state index contributed by atoms with van der Waals surface area (Å²) in [4.78, 5) is 19.7. The van der Waals surface area contributed by atoms with E-state index in [2.05, 4.69) is 20.4 Å². The maximum absolute atomic E-state index is 11.9. The molecule has 2 N–H and O–H groups in total. The molecule has 1 amide bonds.